The van der Waals surface area contributed by atoms with Crippen molar-refractivity contribution in [1.82, 2.24) is 0 Å². The third-order valence-electron chi connectivity index (χ3n) is 2.75. The molecule has 0 aliphatic rings. The molecule has 5 nitrogen and oxygen atoms in total. The summed E-state index contributed by atoms with van der Waals surface area (Å²) in [6.07, 6.45) is 13.1. The summed E-state index contributed by atoms with van der Waals surface area (Å²) in [4.78, 5) is 2.49. The quantitative estimate of drug-likeness (QED) is 0.140. The SMILES string of the molecule is CCCCCCCCCCCCN=NN=[N+]=[N-]. The Morgan fingerprint density at radius 2 is 1.35 bits per heavy atom. The third kappa shape index (κ3) is 14.9. The van der Waals surface area contributed by atoms with Gasteiger partial charge in [-0.1, -0.05) is 69.8 Å². The Labute approximate surface area is 104 Å². The molecule has 0 saturated heterocycles. The van der Waals surface area contributed by atoms with E-state index in [2.05, 4.69) is 27.4 Å². The molecule has 0 unspecified atom stereocenters. The van der Waals surface area contributed by atoms with Gasteiger partial charge in [0, 0.05) is 0 Å². The van der Waals surface area contributed by atoms with Gasteiger partial charge in [-0.15, -0.1) is 5.53 Å². The van der Waals surface area contributed by atoms with E-state index in [1.807, 2.05) is 0 Å². The lowest BCUT2D eigenvalue weighted by atomic mass is 10.1. The van der Waals surface area contributed by atoms with Gasteiger partial charge in [0.05, 0.1) is 17.0 Å². The molecule has 0 saturated carbocycles. The monoisotopic (exact) mass is 239 g/mol. The minimum absolute atomic E-state index is 0.676. The summed E-state index contributed by atoms with van der Waals surface area (Å²) in [6.45, 7) is 2.93. The van der Waals surface area contributed by atoms with Gasteiger partial charge in [0.15, 0.2) is 0 Å². The molecule has 0 aliphatic carbocycles. The molecule has 0 atom stereocenters. The fourth-order valence-electron chi connectivity index (χ4n) is 1.76. The lowest BCUT2D eigenvalue weighted by molar-refractivity contribution is 0.556. The molecule has 0 aliphatic heterocycles. The van der Waals surface area contributed by atoms with Crippen LogP contribution in [0.5, 0.6) is 0 Å². The summed E-state index contributed by atoms with van der Waals surface area (Å²) in [5, 5.41) is 10.0. The van der Waals surface area contributed by atoms with Gasteiger partial charge in [-0.3, -0.25) is 0 Å². The number of hydrogen-bond donors (Lipinski definition) is 0. The van der Waals surface area contributed by atoms with Crippen LogP contribution in [0.4, 0.5) is 0 Å². The second kappa shape index (κ2) is 14.9. The van der Waals surface area contributed by atoms with Crippen LogP contribution in [-0.2, 0) is 0 Å². The van der Waals surface area contributed by atoms with Crippen LogP contribution in [0.15, 0.2) is 15.6 Å². The molecule has 0 heterocycles. The fraction of sp³-hybridized carbons (Fsp3) is 1.00. The van der Waals surface area contributed by atoms with Crippen molar-refractivity contribution in [2.75, 3.05) is 6.54 Å². The molecule has 0 amide bonds. The molecule has 0 spiro atoms. The van der Waals surface area contributed by atoms with Crippen molar-refractivity contribution in [1.29, 1.82) is 0 Å². The van der Waals surface area contributed by atoms with Crippen LogP contribution >= 0.6 is 0 Å². The number of unbranched alkanes of at least 4 members (excludes halogenated alkanes) is 9. The molecule has 17 heavy (non-hydrogen) atoms. The summed E-state index contributed by atoms with van der Waals surface area (Å²) in [5.41, 5.74) is 7.95. The van der Waals surface area contributed by atoms with E-state index in [0.29, 0.717) is 6.54 Å². The molecular weight excluding hydrogens is 214 g/mol. The van der Waals surface area contributed by atoms with Gasteiger partial charge in [-0.2, -0.15) is 4.91 Å². The normalized spacial score (nSPS) is 10.6. The van der Waals surface area contributed by atoms with E-state index in [0.717, 1.165) is 6.42 Å². The fourth-order valence-corrected chi connectivity index (χ4v) is 1.76. The van der Waals surface area contributed by atoms with E-state index in [-0.39, 0.29) is 0 Å². The summed E-state index contributed by atoms with van der Waals surface area (Å²) >= 11 is 0. The third-order valence-corrected chi connectivity index (χ3v) is 2.75. The van der Waals surface area contributed by atoms with Gasteiger partial charge in [0.1, 0.15) is 0 Å². The standard InChI is InChI=1S/C12H25N5/c1-2-3-4-5-6-7-8-9-10-11-12-14-16-17-15-13/h2-12H2,1H3. The molecule has 0 aromatic rings. The first kappa shape index (κ1) is 15.9. The molecule has 0 bridgehead atoms. The predicted molar refractivity (Wildman–Crippen MR) is 70.7 cm³/mol. The van der Waals surface area contributed by atoms with Crippen LogP contribution in [0, 0.1) is 0 Å². The number of nitrogens with zero attached hydrogens (tertiary/aromatic N) is 5. The minimum atomic E-state index is 0.676. The predicted octanol–water partition coefficient (Wildman–Crippen LogP) is 5.58. The highest BCUT2D eigenvalue weighted by Gasteiger charge is 1.92. The Morgan fingerprint density at radius 3 is 1.88 bits per heavy atom. The zero-order valence-electron chi connectivity index (χ0n) is 11.0. The van der Waals surface area contributed by atoms with Gasteiger partial charge in [0.2, 0.25) is 0 Å². The Kier molecular flexibility index (Phi) is 14.0. The van der Waals surface area contributed by atoms with Crippen molar-refractivity contribution in [3.05, 3.63) is 10.4 Å². The Bertz CT molecular complexity index is 221. The van der Waals surface area contributed by atoms with Crippen molar-refractivity contribution < 1.29 is 0 Å². The van der Waals surface area contributed by atoms with Gasteiger partial charge in [-0.25, -0.2) is 0 Å². The van der Waals surface area contributed by atoms with E-state index in [1.165, 1.54) is 57.8 Å². The maximum Gasteiger partial charge on any atom is 0.0963 e. The smallest absolute Gasteiger partial charge is 0.0963 e. The minimum Gasteiger partial charge on any atom is -0.163 e. The van der Waals surface area contributed by atoms with Crippen molar-refractivity contribution >= 4 is 0 Å². The lowest BCUT2D eigenvalue weighted by Gasteiger charge is -2.00. The highest BCUT2D eigenvalue weighted by molar-refractivity contribution is 4.48. The summed E-state index contributed by atoms with van der Waals surface area (Å²) in [6, 6.07) is 0. The molecule has 0 N–H and O–H groups in total. The van der Waals surface area contributed by atoms with Crippen LogP contribution in [-0.4, -0.2) is 6.54 Å². The van der Waals surface area contributed by atoms with Crippen LogP contribution < -0.4 is 0 Å². The number of hydrogen-bond acceptors (Lipinski definition) is 1. The summed E-state index contributed by atoms with van der Waals surface area (Å²) in [7, 11) is 0. The summed E-state index contributed by atoms with van der Waals surface area (Å²) in [5.74, 6) is 0. The van der Waals surface area contributed by atoms with Crippen LogP contribution in [0.1, 0.15) is 71.1 Å². The van der Waals surface area contributed by atoms with Crippen molar-refractivity contribution in [3.63, 3.8) is 0 Å². The van der Waals surface area contributed by atoms with Gasteiger partial charge in [0.25, 0.3) is 0 Å². The summed E-state index contributed by atoms with van der Waals surface area (Å²) < 4.78 is 0. The second-order valence-corrected chi connectivity index (χ2v) is 4.32. The number of rotatable bonds is 12. The average molecular weight is 239 g/mol. The molecule has 5 heteroatoms. The van der Waals surface area contributed by atoms with E-state index >= 15 is 0 Å². The Balaban J connectivity index is 3.01. The lowest BCUT2D eigenvalue weighted by Crippen LogP contribution is -1.83. The van der Waals surface area contributed by atoms with Crippen molar-refractivity contribution in [3.8, 4) is 0 Å². The van der Waals surface area contributed by atoms with Gasteiger partial charge >= 0.3 is 0 Å². The largest absolute Gasteiger partial charge is 0.163 e. The maximum absolute atomic E-state index is 7.95. The first-order valence-electron chi connectivity index (χ1n) is 6.82. The molecule has 0 aromatic heterocycles. The van der Waals surface area contributed by atoms with E-state index < -0.39 is 0 Å². The van der Waals surface area contributed by atoms with Crippen molar-refractivity contribution in [2.45, 2.75) is 71.1 Å². The van der Waals surface area contributed by atoms with Crippen LogP contribution in [0.2, 0.25) is 0 Å². The highest BCUT2D eigenvalue weighted by Crippen LogP contribution is 2.10. The molecule has 0 radical (unpaired) electrons. The second-order valence-electron chi connectivity index (χ2n) is 4.32. The first-order chi connectivity index (χ1) is 8.41. The van der Waals surface area contributed by atoms with Gasteiger partial charge < -0.3 is 0 Å². The molecule has 0 rings (SSSR count). The molecule has 0 fully saturated rings. The van der Waals surface area contributed by atoms with Crippen molar-refractivity contribution in [2.24, 2.45) is 15.6 Å². The molecule has 98 valence electrons. The Hall–Kier alpha value is -1.09. The van der Waals surface area contributed by atoms with Crippen LogP contribution in [0.3, 0.4) is 0 Å². The Morgan fingerprint density at radius 1 is 0.824 bits per heavy atom. The molecule has 0 aromatic carbocycles. The van der Waals surface area contributed by atoms with Gasteiger partial charge in [-0.05, 0) is 6.42 Å². The first-order valence-corrected chi connectivity index (χ1v) is 6.82. The topological polar surface area (TPSA) is 73.5 Å². The van der Waals surface area contributed by atoms with Crippen LogP contribution in [0.25, 0.3) is 10.4 Å². The molecular formula is C12H25N5. The number of azide groups is 1. The average Bonchev–Trinajstić information content (AvgIpc) is 2.35. The zero-order chi connectivity index (χ0) is 12.6. The van der Waals surface area contributed by atoms with E-state index in [9.17, 15) is 0 Å². The highest BCUT2D eigenvalue weighted by atomic mass is 15.5. The maximum atomic E-state index is 7.95. The van der Waals surface area contributed by atoms with E-state index in [4.69, 9.17) is 5.53 Å². The zero-order valence-corrected chi connectivity index (χ0v) is 11.0. The van der Waals surface area contributed by atoms with E-state index in [1.54, 1.807) is 0 Å².